The Morgan fingerprint density at radius 1 is 1.44 bits per heavy atom. The van der Waals surface area contributed by atoms with Gasteiger partial charge >= 0.3 is 0 Å². The fourth-order valence-electron chi connectivity index (χ4n) is 1.87. The molecule has 18 heavy (non-hydrogen) atoms. The molecule has 0 saturated heterocycles. The quantitative estimate of drug-likeness (QED) is 0.847. The predicted octanol–water partition coefficient (Wildman–Crippen LogP) is 3.94. The molecule has 0 aliphatic rings. The van der Waals surface area contributed by atoms with E-state index in [1.54, 1.807) is 13.2 Å². The largest absolute Gasteiger partial charge is 0.377 e. The average Bonchev–Trinajstić information content (AvgIpc) is 2.33. The molecule has 0 aromatic heterocycles. The Kier molecular flexibility index (Phi) is 5.57. The SMILES string of the molecule is CCCNC(c1cc(F)ccc1Cl)C(C)(C)OC. The van der Waals surface area contributed by atoms with Crippen LogP contribution in [-0.2, 0) is 4.74 Å². The monoisotopic (exact) mass is 273 g/mol. The van der Waals surface area contributed by atoms with E-state index in [0.29, 0.717) is 5.02 Å². The summed E-state index contributed by atoms with van der Waals surface area (Å²) in [6.45, 7) is 6.82. The van der Waals surface area contributed by atoms with E-state index < -0.39 is 5.60 Å². The third-order valence-electron chi connectivity index (χ3n) is 3.09. The summed E-state index contributed by atoms with van der Waals surface area (Å²) >= 11 is 6.17. The highest BCUT2D eigenvalue weighted by molar-refractivity contribution is 6.31. The smallest absolute Gasteiger partial charge is 0.123 e. The number of hydrogen-bond donors (Lipinski definition) is 1. The van der Waals surface area contributed by atoms with Crippen molar-refractivity contribution in [1.82, 2.24) is 5.32 Å². The van der Waals surface area contributed by atoms with Crippen molar-refractivity contribution in [2.45, 2.75) is 38.8 Å². The van der Waals surface area contributed by atoms with E-state index in [1.165, 1.54) is 12.1 Å². The van der Waals surface area contributed by atoms with Gasteiger partial charge in [0.15, 0.2) is 0 Å². The van der Waals surface area contributed by atoms with Crippen molar-refractivity contribution in [2.75, 3.05) is 13.7 Å². The second-order valence-electron chi connectivity index (χ2n) is 4.86. The number of halogens is 2. The molecular formula is C14H21ClFNO. The molecule has 0 spiro atoms. The molecule has 0 saturated carbocycles. The normalized spacial score (nSPS) is 13.7. The maximum Gasteiger partial charge on any atom is 0.123 e. The standard InChI is InChI=1S/C14H21ClFNO/c1-5-8-17-13(14(2,3)18-4)11-9-10(16)6-7-12(11)15/h6-7,9,13,17H,5,8H2,1-4H3. The first-order valence-corrected chi connectivity index (χ1v) is 6.53. The molecular weight excluding hydrogens is 253 g/mol. The van der Waals surface area contributed by atoms with Gasteiger partial charge in [0.2, 0.25) is 0 Å². The van der Waals surface area contributed by atoms with Crippen molar-refractivity contribution in [3.8, 4) is 0 Å². The summed E-state index contributed by atoms with van der Waals surface area (Å²) in [5, 5.41) is 3.92. The van der Waals surface area contributed by atoms with Crippen LogP contribution < -0.4 is 5.32 Å². The molecule has 0 bridgehead atoms. The van der Waals surface area contributed by atoms with Gasteiger partial charge in [-0.05, 0) is 50.6 Å². The van der Waals surface area contributed by atoms with E-state index in [9.17, 15) is 4.39 Å². The fourth-order valence-corrected chi connectivity index (χ4v) is 2.10. The zero-order valence-corrected chi connectivity index (χ0v) is 12.1. The molecule has 102 valence electrons. The molecule has 0 radical (unpaired) electrons. The van der Waals surface area contributed by atoms with Crippen LogP contribution in [0.1, 0.15) is 38.8 Å². The second kappa shape index (κ2) is 6.50. The van der Waals surface area contributed by atoms with Gasteiger partial charge in [0.25, 0.3) is 0 Å². The first-order valence-electron chi connectivity index (χ1n) is 6.16. The molecule has 0 aliphatic heterocycles. The van der Waals surface area contributed by atoms with Crippen LogP contribution in [0.25, 0.3) is 0 Å². The summed E-state index contributed by atoms with van der Waals surface area (Å²) in [6.07, 6.45) is 0.989. The number of benzene rings is 1. The summed E-state index contributed by atoms with van der Waals surface area (Å²) in [6, 6.07) is 4.27. The van der Waals surface area contributed by atoms with Gasteiger partial charge in [-0.15, -0.1) is 0 Å². The van der Waals surface area contributed by atoms with Gasteiger partial charge in [-0.25, -0.2) is 4.39 Å². The van der Waals surface area contributed by atoms with Crippen molar-refractivity contribution in [3.63, 3.8) is 0 Å². The summed E-state index contributed by atoms with van der Waals surface area (Å²) in [7, 11) is 1.65. The number of methoxy groups -OCH3 is 1. The van der Waals surface area contributed by atoms with Crippen molar-refractivity contribution in [3.05, 3.63) is 34.6 Å². The van der Waals surface area contributed by atoms with Gasteiger partial charge in [-0.3, -0.25) is 0 Å². The van der Waals surface area contributed by atoms with Gasteiger partial charge in [0.05, 0.1) is 11.6 Å². The highest BCUT2D eigenvalue weighted by Crippen LogP contribution is 2.33. The van der Waals surface area contributed by atoms with Crippen LogP contribution in [0.5, 0.6) is 0 Å². The minimum Gasteiger partial charge on any atom is -0.377 e. The zero-order chi connectivity index (χ0) is 13.8. The first-order chi connectivity index (χ1) is 8.42. The Balaban J connectivity index is 3.12. The number of hydrogen-bond acceptors (Lipinski definition) is 2. The molecule has 2 nitrogen and oxygen atoms in total. The maximum absolute atomic E-state index is 13.4. The molecule has 0 heterocycles. The number of rotatable bonds is 6. The van der Waals surface area contributed by atoms with E-state index in [1.807, 2.05) is 13.8 Å². The molecule has 1 rings (SSSR count). The lowest BCUT2D eigenvalue weighted by atomic mass is 9.91. The van der Waals surface area contributed by atoms with Gasteiger partial charge < -0.3 is 10.1 Å². The Morgan fingerprint density at radius 2 is 2.11 bits per heavy atom. The second-order valence-corrected chi connectivity index (χ2v) is 5.27. The van der Waals surface area contributed by atoms with Crippen LogP contribution in [-0.4, -0.2) is 19.3 Å². The van der Waals surface area contributed by atoms with Gasteiger partial charge in [-0.2, -0.15) is 0 Å². The maximum atomic E-state index is 13.4. The molecule has 0 fully saturated rings. The van der Waals surface area contributed by atoms with Gasteiger partial charge in [-0.1, -0.05) is 18.5 Å². The van der Waals surface area contributed by atoms with E-state index in [0.717, 1.165) is 18.5 Å². The van der Waals surface area contributed by atoms with E-state index in [-0.39, 0.29) is 11.9 Å². The Bertz CT molecular complexity index is 395. The summed E-state index contributed by atoms with van der Waals surface area (Å²) in [5.41, 5.74) is 0.268. The van der Waals surface area contributed by atoms with Gasteiger partial charge in [0.1, 0.15) is 5.82 Å². The minimum atomic E-state index is -0.466. The zero-order valence-electron chi connectivity index (χ0n) is 11.4. The van der Waals surface area contributed by atoms with Crippen LogP contribution in [0.2, 0.25) is 5.02 Å². The van der Waals surface area contributed by atoms with Crippen LogP contribution in [0.15, 0.2) is 18.2 Å². The molecule has 1 unspecified atom stereocenters. The summed E-state index contributed by atoms with van der Waals surface area (Å²) in [4.78, 5) is 0. The lowest BCUT2D eigenvalue weighted by Crippen LogP contribution is -2.41. The summed E-state index contributed by atoms with van der Waals surface area (Å²) in [5.74, 6) is -0.287. The van der Waals surface area contributed by atoms with E-state index in [2.05, 4.69) is 12.2 Å². The van der Waals surface area contributed by atoms with Crippen LogP contribution >= 0.6 is 11.6 Å². The molecule has 1 N–H and O–H groups in total. The highest BCUT2D eigenvalue weighted by atomic mass is 35.5. The number of nitrogens with one attached hydrogen (secondary N) is 1. The molecule has 4 heteroatoms. The van der Waals surface area contributed by atoms with Crippen molar-refractivity contribution in [2.24, 2.45) is 0 Å². The molecule has 1 atom stereocenters. The van der Waals surface area contributed by atoms with E-state index >= 15 is 0 Å². The highest BCUT2D eigenvalue weighted by Gasteiger charge is 2.31. The Morgan fingerprint density at radius 3 is 2.67 bits per heavy atom. The molecule has 0 amide bonds. The third kappa shape index (κ3) is 3.67. The fraction of sp³-hybridized carbons (Fsp3) is 0.571. The lowest BCUT2D eigenvalue weighted by molar-refractivity contribution is -0.0111. The molecule has 1 aromatic carbocycles. The summed E-state index contributed by atoms with van der Waals surface area (Å²) < 4.78 is 18.9. The first kappa shape index (κ1) is 15.4. The Labute approximate surface area is 113 Å². The van der Waals surface area contributed by atoms with Gasteiger partial charge in [0, 0.05) is 12.1 Å². The van der Waals surface area contributed by atoms with E-state index in [4.69, 9.17) is 16.3 Å². The minimum absolute atomic E-state index is 0.148. The average molecular weight is 274 g/mol. The van der Waals surface area contributed by atoms with Crippen LogP contribution in [0.4, 0.5) is 4.39 Å². The van der Waals surface area contributed by atoms with Crippen molar-refractivity contribution < 1.29 is 9.13 Å². The van der Waals surface area contributed by atoms with Crippen molar-refractivity contribution >= 4 is 11.6 Å². The Hall–Kier alpha value is -0.640. The molecule has 0 aliphatic carbocycles. The van der Waals surface area contributed by atoms with Crippen LogP contribution in [0, 0.1) is 5.82 Å². The van der Waals surface area contributed by atoms with Crippen LogP contribution in [0.3, 0.4) is 0 Å². The predicted molar refractivity (Wildman–Crippen MR) is 73.5 cm³/mol. The number of ether oxygens (including phenoxy) is 1. The lowest BCUT2D eigenvalue weighted by Gasteiger charge is -2.34. The van der Waals surface area contributed by atoms with Crippen molar-refractivity contribution in [1.29, 1.82) is 0 Å². The topological polar surface area (TPSA) is 21.3 Å². The molecule has 1 aromatic rings. The third-order valence-corrected chi connectivity index (χ3v) is 3.43.